The van der Waals surface area contributed by atoms with Gasteiger partial charge in [-0.25, -0.2) is 0 Å². The Morgan fingerprint density at radius 2 is 2.00 bits per heavy atom. The molecule has 1 saturated heterocycles. The first-order valence-electron chi connectivity index (χ1n) is 7.63. The summed E-state index contributed by atoms with van der Waals surface area (Å²) in [7, 11) is 0. The molecule has 0 aliphatic carbocycles. The molecule has 1 fully saturated rings. The van der Waals surface area contributed by atoms with Crippen molar-refractivity contribution in [3.05, 3.63) is 0 Å². The van der Waals surface area contributed by atoms with Gasteiger partial charge < -0.3 is 16.0 Å². The molecule has 0 radical (unpaired) electrons. The SMILES string of the molecule is CC(C)(C)C(CCN)CCC(=O)N1CCCNCC1. The van der Waals surface area contributed by atoms with Crippen molar-refractivity contribution >= 4 is 5.91 Å². The zero-order valence-electron chi connectivity index (χ0n) is 12.9. The number of amides is 1. The van der Waals surface area contributed by atoms with E-state index in [9.17, 15) is 4.79 Å². The van der Waals surface area contributed by atoms with Gasteiger partial charge in [0.15, 0.2) is 0 Å². The first-order valence-corrected chi connectivity index (χ1v) is 7.63. The van der Waals surface area contributed by atoms with E-state index < -0.39 is 0 Å². The smallest absolute Gasteiger partial charge is 0.222 e. The number of rotatable bonds is 5. The van der Waals surface area contributed by atoms with Gasteiger partial charge in [0.2, 0.25) is 5.91 Å². The third kappa shape index (κ3) is 5.91. The van der Waals surface area contributed by atoms with Gasteiger partial charge in [0.25, 0.3) is 0 Å². The lowest BCUT2D eigenvalue weighted by atomic mass is 9.76. The molecule has 1 amide bonds. The molecule has 4 heteroatoms. The predicted molar refractivity (Wildman–Crippen MR) is 79.9 cm³/mol. The predicted octanol–water partition coefficient (Wildman–Crippen LogP) is 1.60. The Hall–Kier alpha value is -0.610. The van der Waals surface area contributed by atoms with E-state index in [4.69, 9.17) is 5.73 Å². The van der Waals surface area contributed by atoms with Gasteiger partial charge in [0, 0.05) is 26.1 Å². The molecular weight excluding hydrogens is 238 g/mol. The van der Waals surface area contributed by atoms with E-state index in [0.717, 1.165) is 45.4 Å². The lowest BCUT2D eigenvalue weighted by molar-refractivity contribution is -0.131. The molecule has 0 bridgehead atoms. The van der Waals surface area contributed by atoms with Gasteiger partial charge in [-0.05, 0) is 43.7 Å². The number of carbonyl (C=O) groups is 1. The number of nitrogens with one attached hydrogen (secondary N) is 1. The molecule has 1 heterocycles. The first kappa shape index (κ1) is 16.4. The molecule has 19 heavy (non-hydrogen) atoms. The second-order valence-corrected chi connectivity index (χ2v) is 6.66. The van der Waals surface area contributed by atoms with E-state index in [1.54, 1.807) is 0 Å². The summed E-state index contributed by atoms with van der Waals surface area (Å²) in [5, 5.41) is 3.33. The Labute approximate surface area is 118 Å². The molecule has 4 nitrogen and oxygen atoms in total. The van der Waals surface area contributed by atoms with Crippen LogP contribution in [0.3, 0.4) is 0 Å². The van der Waals surface area contributed by atoms with Crippen molar-refractivity contribution < 1.29 is 4.79 Å². The van der Waals surface area contributed by atoms with Crippen molar-refractivity contribution in [2.75, 3.05) is 32.7 Å². The van der Waals surface area contributed by atoms with Crippen LogP contribution >= 0.6 is 0 Å². The van der Waals surface area contributed by atoms with Gasteiger partial charge in [0.05, 0.1) is 0 Å². The van der Waals surface area contributed by atoms with E-state index in [-0.39, 0.29) is 5.41 Å². The summed E-state index contributed by atoms with van der Waals surface area (Å²) in [6, 6.07) is 0. The zero-order chi connectivity index (χ0) is 14.3. The highest BCUT2D eigenvalue weighted by atomic mass is 16.2. The van der Waals surface area contributed by atoms with Gasteiger partial charge in [-0.3, -0.25) is 4.79 Å². The number of hydrogen-bond acceptors (Lipinski definition) is 3. The molecular formula is C15H31N3O. The Bertz CT molecular complexity index is 265. The molecule has 0 aromatic heterocycles. The van der Waals surface area contributed by atoms with Gasteiger partial charge in [-0.1, -0.05) is 20.8 Å². The maximum Gasteiger partial charge on any atom is 0.222 e. The number of nitrogens with zero attached hydrogens (tertiary/aromatic N) is 1. The fourth-order valence-corrected chi connectivity index (χ4v) is 2.76. The zero-order valence-corrected chi connectivity index (χ0v) is 12.9. The minimum Gasteiger partial charge on any atom is -0.341 e. The number of carbonyl (C=O) groups excluding carboxylic acids is 1. The first-order chi connectivity index (χ1) is 8.95. The summed E-state index contributed by atoms with van der Waals surface area (Å²) in [6.45, 7) is 11.2. The van der Waals surface area contributed by atoms with Crippen LogP contribution in [-0.2, 0) is 4.79 Å². The van der Waals surface area contributed by atoms with Gasteiger partial charge in [-0.15, -0.1) is 0 Å². The molecule has 0 saturated carbocycles. The summed E-state index contributed by atoms with van der Waals surface area (Å²) in [5.41, 5.74) is 5.93. The van der Waals surface area contributed by atoms with E-state index in [2.05, 4.69) is 26.1 Å². The molecule has 0 spiro atoms. The average Bonchev–Trinajstić information content (AvgIpc) is 2.61. The van der Waals surface area contributed by atoms with Gasteiger partial charge >= 0.3 is 0 Å². The second-order valence-electron chi connectivity index (χ2n) is 6.66. The van der Waals surface area contributed by atoms with Crippen LogP contribution in [0.5, 0.6) is 0 Å². The largest absolute Gasteiger partial charge is 0.341 e. The van der Waals surface area contributed by atoms with Crippen LogP contribution in [0.2, 0.25) is 0 Å². The second kappa shape index (κ2) is 7.85. The van der Waals surface area contributed by atoms with Crippen LogP contribution in [-0.4, -0.2) is 43.5 Å². The monoisotopic (exact) mass is 269 g/mol. The topological polar surface area (TPSA) is 58.4 Å². The van der Waals surface area contributed by atoms with Crippen LogP contribution in [0.4, 0.5) is 0 Å². The van der Waals surface area contributed by atoms with E-state index in [1.807, 2.05) is 4.90 Å². The highest BCUT2D eigenvalue weighted by molar-refractivity contribution is 5.76. The van der Waals surface area contributed by atoms with Crippen molar-refractivity contribution in [1.82, 2.24) is 10.2 Å². The number of hydrogen-bond donors (Lipinski definition) is 2. The van der Waals surface area contributed by atoms with Crippen molar-refractivity contribution in [2.24, 2.45) is 17.1 Å². The Balaban J connectivity index is 2.42. The third-order valence-corrected chi connectivity index (χ3v) is 4.14. The summed E-state index contributed by atoms with van der Waals surface area (Å²) >= 11 is 0. The molecule has 0 aromatic carbocycles. The third-order valence-electron chi connectivity index (χ3n) is 4.14. The maximum atomic E-state index is 12.3. The molecule has 1 rings (SSSR count). The molecule has 1 aliphatic rings. The Morgan fingerprint density at radius 3 is 2.63 bits per heavy atom. The Morgan fingerprint density at radius 1 is 1.26 bits per heavy atom. The molecule has 1 atom stereocenters. The summed E-state index contributed by atoms with van der Waals surface area (Å²) in [5.74, 6) is 0.849. The van der Waals surface area contributed by atoms with Crippen LogP contribution in [0.25, 0.3) is 0 Å². The highest BCUT2D eigenvalue weighted by Gasteiger charge is 2.25. The van der Waals surface area contributed by atoms with E-state index in [0.29, 0.717) is 24.8 Å². The molecule has 0 aromatic rings. The van der Waals surface area contributed by atoms with Gasteiger partial charge in [-0.2, -0.15) is 0 Å². The molecule has 1 unspecified atom stereocenters. The fourth-order valence-electron chi connectivity index (χ4n) is 2.76. The lowest BCUT2D eigenvalue weighted by Gasteiger charge is -2.31. The van der Waals surface area contributed by atoms with E-state index in [1.165, 1.54) is 0 Å². The minimum atomic E-state index is 0.236. The van der Waals surface area contributed by atoms with Crippen LogP contribution in [0.1, 0.15) is 46.5 Å². The standard InChI is InChI=1S/C15H31N3O/c1-15(2,3)13(7-8-16)5-6-14(19)18-11-4-9-17-10-12-18/h13,17H,4-12,16H2,1-3H3. The van der Waals surface area contributed by atoms with Crippen LogP contribution in [0, 0.1) is 11.3 Å². The van der Waals surface area contributed by atoms with Crippen molar-refractivity contribution in [1.29, 1.82) is 0 Å². The summed E-state index contributed by atoms with van der Waals surface area (Å²) in [6.07, 6.45) is 3.71. The van der Waals surface area contributed by atoms with Gasteiger partial charge in [0.1, 0.15) is 0 Å². The summed E-state index contributed by atoms with van der Waals surface area (Å²) in [4.78, 5) is 14.3. The normalized spacial score (nSPS) is 19.1. The maximum absolute atomic E-state index is 12.3. The van der Waals surface area contributed by atoms with Crippen LogP contribution in [0.15, 0.2) is 0 Å². The fraction of sp³-hybridized carbons (Fsp3) is 0.933. The number of nitrogens with two attached hydrogens (primary N) is 1. The molecule has 1 aliphatic heterocycles. The van der Waals surface area contributed by atoms with E-state index >= 15 is 0 Å². The van der Waals surface area contributed by atoms with Crippen molar-refractivity contribution in [3.8, 4) is 0 Å². The molecule has 112 valence electrons. The molecule has 3 N–H and O–H groups in total. The van der Waals surface area contributed by atoms with Crippen molar-refractivity contribution in [2.45, 2.75) is 46.5 Å². The minimum absolute atomic E-state index is 0.236. The van der Waals surface area contributed by atoms with Crippen molar-refractivity contribution in [3.63, 3.8) is 0 Å². The highest BCUT2D eigenvalue weighted by Crippen LogP contribution is 2.32. The summed E-state index contributed by atoms with van der Waals surface area (Å²) < 4.78 is 0. The quantitative estimate of drug-likeness (QED) is 0.797. The average molecular weight is 269 g/mol. The Kier molecular flexibility index (Phi) is 6.80. The lowest BCUT2D eigenvalue weighted by Crippen LogP contribution is -2.35. The van der Waals surface area contributed by atoms with Crippen LogP contribution < -0.4 is 11.1 Å².